The van der Waals surface area contributed by atoms with Crippen molar-refractivity contribution in [3.05, 3.63) is 41.5 Å². The molecule has 0 spiro atoms. The van der Waals surface area contributed by atoms with Crippen molar-refractivity contribution in [1.29, 1.82) is 0 Å². The number of carbonyl (C=O) groups is 2. The zero-order valence-electron chi connectivity index (χ0n) is 22.1. The molecule has 0 bridgehead atoms. The molecule has 226 valence electrons. The Balaban J connectivity index is 1.27. The van der Waals surface area contributed by atoms with Crippen molar-refractivity contribution in [2.45, 2.75) is 69.2 Å². The molecule has 2 aromatic carbocycles. The fourth-order valence-corrected chi connectivity index (χ4v) is 6.17. The number of hydrogen-bond acceptors (Lipinski definition) is 7. The summed E-state index contributed by atoms with van der Waals surface area (Å²) in [5.41, 5.74) is -0.579. The number of alkyl halides is 5. The molecule has 4 aliphatic rings. The molecule has 0 aromatic heterocycles. The van der Waals surface area contributed by atoms with Gasteiger partial charge in [-0.3, -0.25) is 9.59 Å². The van der Waals surface area contributed by atoms with Gasteiger partial charge in [-0.1, -0.05) is 0 Å². The first-order chi connectivity index (χ1) is 19.7. The molecule has 1 fully saturated rings. The van der Waals surface area contributed by atoms with Crippen molar-refractivity contribution in [3.8, 4) is 28.7 Å². The molecule has 42 heavy (non-hydrogen) atoms. The van der Waals surface area contributed by atoms with Crippen LogP contribution in [0.25, 0.3) is 0 Å². The van der Waals surface area contributed by atoms with Gasteiger partial charge in [-0.25, -0.2) is 0 Å². The second kappa shape index (κ2) is 9.80. The second-order valence-electron chi connectivity index (χ2n) is 11.2. The number of benzene rings is 2. The molecule has 1 aliphatic carbocycles. The van der Waals surface area contributed by atoms with Crippen LogP contribution in [-0.4, -0.2) is 42.4 Å². The Morgan fingerprint density at radius 1 is 1.00 bits per heavy atom. The first-order valence-electron chi connectivity index (χ1n) is 13.4. The summed E-state index contributed by atoms with van der Waals surface area (Å²) in [6.07, 6.45) is -7.08. The minimum absolute atomic E-state index is 0.0899. The zero-order chi connectivity index (χ0) is 30.0. The van der Waals surface area contributed by atoms with Gasteiger partial charge in [-0.15, -0.1) is 22.0 Å². The molecular weight excluding hydrogens is 573 g/mol. The van der Waals surface area contributed by atoms with Gasteiger partial charge < -0.3 is 34.1 Å². The summed E-state index contributed by atoms with van der Waals surface area (Å²) in [5.74, 6) is -2.60. The maximum atomic E-state index is 13.8. The van der Waals surface area contributed by atoms with Gasteiger partial charge in [0.1, 0.15) is 35.4 Å². The fraction of sp³-hybridized carbons (Fsp3) is 0.500. The Morgan fingerprint density at radius 3 is 2.36 bits per heavy atom. The van der Waals surface area contributed by atoms with Crippen LogP contribution < -0.4 is 29.0 Å². The summed E-state index contributed by atoms with van der Waals surface area (Å²) in [4.78, 5) is 25.2. The fourth-order valence-electron chi connectivity index (χ4n) is 6.17. The van der Waals surface area contributed by atoms with E-state index in [4.69, 9.17) is 9.47 Å². The third kappa shape index (κ3) is 5.22. The molecule has 9 nitrogen and oxygen atoms in total. The highest BCUT2D eigenvalue weighted by Crippen LogP contribution is 2.50. The topological polar surface area (TPSA) is 113 Å². The van der Waals surface area contributed by atoms with Crippen LogP contribution in [0.4, 0.5) is 22.0 Å². The highest BCUT2D eigenvalue weighted by atomic mass is 19.4. The number of amides is 1. The number of rotatable bonds is 5. The maximum absolute atomic E-state index is 13.8. The third-order valence-corrected chi connectivity index (χ3v) is 8.41. The average Bonchev–Trinajstić information content (AvgIpc) is 3.40. The van der Waals surface area contributed by atoms with Gasteiger partial charge in [0.2, 0.25) is 5.91 Å². The van der Waals surface area contributed by atoms with Crippen molar-refractivity contribution in [2.75, 3.05) is 6.61 Å². The smallest absolute Gasteiger partial charge is 0.492 e. The standard InChI is InChI=1S/C28H26F5NO8/c1-26(12-38-21-11-23-22(9-17(21)26)41-28(32,33)42-23)25(37)34-18-10-19(13-2-4-14(5-3-13)24(35)36)39-20-8-15(6-7-16(18)20)40-27(29,30)31/h6-9,11,13-14,18-19H,2-5,10,12H2,1H3,(H,34,37)(H,35,36)/t13-,14+,18-,19-,26-/m0/s1. The van der Waals surface area contributed by atoms with Crippen molar-refractivity contribution in [1.82, 2.24) is 5.32 Å². The number of nitrogens with one attached hydrogen (secondary N) is 1. The molecule has 6 rings (SSSR count). The Kier molecular flexibility index (Phi) is 6.57. The first-order valence-corrected chi connectivity index (χ1v) is 13.4. The minimum Gasteiger partial charge on any atom is -0.492 e. The summed E-state index contributed by atoms with van der Waals surface area (Å²) < 4.78 is 90.9. The Labute approximate surface area is 235 Å². The summed E-state index contributed by atoms with van der Waals surface area (Å²) >= 11 is 0. The lowest BCUT2D eigenvalue weighted by Gasteiger charge is -2.39. The minimum atomic E-state index is -4.92. The number of halogens is 5. The number of carboxylic acids is 1. The number of carbonyl (C=O) groups excluding carboxylic acids is 1. The second-order valence-corrected chi connectivity index (χ2v) is 11.2. The van der Waals surface area contributed by atoms with Gasteiger partial charge >= 0.3 is 18.6 Å². The monoisotopic (exact) mass is 599 g/mol. The van der Waals surface area contributed by atoms with Gasteiger partial charge in [0, 0.05) is 29.7 Å². The van der Waals surface area contributed by atoms with E-state index in [0.29, 0.717) is 36.8 Å². The summed E-state index contributed by atoms with van der Waals surface area (Å²) in [5, 5.41) is 12.3. The van der Waals surface area contributed by atoms with Gasteiger partial charge in [0.25, 0.3) is 0 Å². The number of ether oxygens (including phenoxy) is 5. The van der Waals surface area contributed by atoms with Gasteiger partial charge in [0.05, 0.1) is 12.0 Å². The van der Waals surface area contributed by atoms with E-state index in [9.17, 15) is 36.6 Å². The molecule has 14 heteroatoms. The molecule has 2 aromatic rings. The van der Waals surface area contributed by atoms with Crippen LogP contribution in [0.5, 0.6) is 28.7 Å². The van der Waals surface area contributed by atoms with Crippen LogP contribution in [0.3, 0.4) is 0 Å². The molecule has 1 amide bonds. The van der Waals surface area contributed by atoms with E-state index in [0.717, 1.165) is 12.1 Å². The Morgan fingerprint density at radius 2 is 1.69 bits per heavy atom. The maximum Gasteiger partial charge on any atom is 0.586 e. The van der Waals surface area contributed by atoms with Crippen molar-refractivity contribution >= 4 is 11.9 Å². The first kappa shape index (κ1) is 28.2. The van der Waals surface area contributed by atoms with E-state index in [-0.39, 0.29) is 41.9 Å². The Bertz CT molecular complexity index is 1420. The molecule has 3 heterocycles. The highest BCUT2D eigenvalue weighted by Gasteiger charge is 2.50. The normalized spacial score (nSPS) is 29.0. The van der Waals surface area contributed by atoms with E-state index in [2.05, 4.69) is 19.5 Å². The van der Waals surface area contributed by atoms with Gasteiger partial charge in [0.15, 0.2) is 11.5 Å². The molecule has 3 atom stereocenters. The molecule has 0 radical (unpaired) electrons. The molecule has 2 N–H and O–H groups in total. The predicted octanol–water partition coefficient (Wildman–Crippen LogP) is 5.46. The molecule has 1 saturated carbocycles. The zero-order valence-corrected chi connectivity index (χ0v) is 22.1. The number of carboxylic acid groups (broad SMARTS) is 1. The van der Waals surface area contributed by atoms with E-state index in [1.165, 1.54) is 18.2 Å². The van der Waals surface area contributed by atoms with Crippen molar-refractivity contribution in [2.24, 2.45) is 11.8 Å². The van der Waals surface area contributed by atoms with Crippen LogP contribution in [0.2, 0.25) is 0 Å². The molecular formula is C28H26F5NO8. The lowest BCUT2D eigenvalue weighted by atomic mass is 9.76. The van der Waals surface area contributed by atoms with Crippen LogP contribution in [0.1, 0.15) is 56.2 Å². The van der Waals surface area contributed by atoms with Crippen LogP contribution in [0, 0.1) is 11.8 Å². The SMILES string of the molecule is C[C@]1(C(=O)N[C@H]2C[C@@H]([C@H]3CC[C@@H](C(=O)O)CC3)Oc3cc(OC(F)(F)F)ccc32)COc2cc3c(cc21)OC(F)(F)O3. The highest BCUT2D eigenvalue weighted by molar-refractivity contribution is 5.90. The van der Waals surface area contributed by atoms with Crippen molar-refractivity contribution < 1.29 is 60.3 Å². The molecule has 3 aliphatic heterocycles. The van der Waals surface area contributed by atoms with E-state index in [1.54, 1.807) is 6.92 Å². The van der Waals surface area contributed by atoms with Crippen LogP contribution in [0.15, 0.2) is 30.3 Å². The number of hydrogen-bond donors (Lipinski definition) is 2. The summed E-state index contributed by atoms with van der Waals surface area (Å²) in [7, 11) is 0. The lowest BCUT2D eigenvalue weighted by Crippen LogP contribution is -2.47. The Hall–Kier alpha value is -3.97. The quantitative estimate of drug-likeness (QED) is 0.436. The molecule has 0 saturated heterocycles. The number of fused-ring (bicyclic) bond motifs is 3. The van der Waals surface area contributed by atoms with Crippen molar-refractivity contribution in [3.63, 3.8) is 0 Å². The van der Waals surface area contributed by atoms with E-state index in [1.807, 2.05) is 0 Å². The number of aliphatic carboxylic acids is 1. The third-order valence-electron chi connectivity index (χ3n) is 8.41. The van der Waals surface area contributed by atoms with E-state index >= 15 is 0 Å². The summed E-state index contributed by atoms with van der Waals surface area (Å²) in [6.45, 7) is 1.48. The van der Waals surface area contributed by atoms with Gasteiger partial charge in [-0.05, 0) is 56.7 Å². The predicted molar refractivity (Wildman–Crippen MR) is 132 cm³/mol. The summed E-state index contributed by atoms with van der Waals surface area (Å²) in [6, 6.07) is 5.46. The van der Waals surface area contributed by atoms with E-state index < -0.39 is 53.8 Å². The van der Waals surface area contributed by atoms with Gasteiger partial charge in [-0.2, -0.15) is 0 Å². The van der Waals surface area contributed by atoms with Crippen LogP contribution >= 0.6 is 0 Å². The van der Waals surface area contributed by atoms with Crippen LogP contribution in [-0.2, 0) is 15.0 Å². The lowest BCUT2D eigenvalue weighted by molar-refractivity contribution is -0.286. The average molecular weight is 600 g/mol. The molecule has 0 unspecified atom stereocenters. The largest absolute Gasteiger partial charge is 0.586 e.